The van der Waals surface area contributed by atoms with Gasteiger partial charge in [-0.1, -0.05) is 12.1 Å². The summed E-state index contributed by atoms with van der Waals surface area (Å²) in [6.07, 6.45) is 2.87. The summed E-state index contributed by atoms with van der Waals surface area (Å²) in [5, 5.41) is 27.9. The number of carboxylic acid groups (broad SMARTS) is 1. The van der Waals surface area contributed by atoms with Gasteiger partial charge in [0.25, 0.3) is 5.69 Å². The van der Waals surface area contributed by atoms with E-state index in [9.17, 15) is 14.9 Å². The Morgan fingerprint density at radius 2 is 2.32 bits per heavy atom. The van der Waals surface area contributed by atoms with Gasteiger partial charge in [-0.15, -0.1) is 0 Å². The minimum absolute atomic E-state index is 0.0218. The predicted octanol–water partition coefficient (Wildman–Crippen LogP) is 1.10. The lowest BCUT2D eigenvalue weighted by atomic mass is 10.1. The van der Waals surface area contributed by atoms with Gasteiger partial charge in [0.1, 0.15) is 5.69 Å². The van der Waals surface area contributed by atoms with E-state index in [1.807, 2.05) is 0 Å². The average molecular weight is 362 g/mol. The van der Waals surface area contributed by atoms with Crippen LogP contribution in [0.1, 0.15) is 12.0 Å². The molecule has 0 saturated heterocycles. The topological polar surface area (TPSA) is 149 Å². The highest BCUT2D eigenvalue weighted by Gasteiger charge is 2.14. The van der Waals surface area contributed by atoms with Crippen LogP contribution in [0.4, 0.5) is 5.69 Å². The van der Waals surface area contributed by atoms with Crippen molar-refractivity contribution in [3.8, 4) is 11.3 Å². The molecule has 0 saturated carbocycles. The molecule has 0 aliphatic heterocycles. The van der Waals surface area contributed by atoms with Gasteiger partial charge in [0, 0.05) is 29.5 Å². The number of nitrogens with zero attached hydrogens (tertiary/aromatic N) is 4. The molecular weight excluding hydrogens is 348 g/mol. The SMILES string of the molecule is NC(=S)N/N=C\c1cn(CCC(=O)O)nc1-c1cccc([N+](=O)[O-])c1. The van der Waals surface area contributed by atoms with Crippen molar-refractivity contribution in [2.45, 2.75) is 13.0 Å². The number of nitrogens with two attached hydrogens (primary N) is 1. The zero-order chi connectivity index (χ0) is 18.4. The average Bonchev–Trinajstić information content (AvgIpc) is 2.96. The molecule has 0 atom stereocenters. The predicted molar refractivity (Wildman–Crippen MR) is 94.1 cm³/mol. The largest absolute Gasteiger partial charge is 0.481 e. The minimum Gasteiger partial charge on any atom is -0.481 e. The summed E-state index contributed by atoms with van der Waals surface area (Å²) >= 11 is 4.65. The number of aromatic nitrogens is 2. The first-order valence-corrected chi connectivity index (χ1v) is 7.40. The maximum atomic E-state index is 10.9. The van der Waals surface area contributed by atoms with E-state index in [4.69, 9.17) is 10.8 Å². The summed E-state index contributed by atoms with van der Waals surface area (Å²) in [5.41, 5.74) is 9.05. The number of benzene rings is 1. The molecule has 130 valence electrons. The van der Waals surface area contributed by atoms with Crippen molar-refractivity contribution in [1.29, 1.82) is 0 Å². The molecule has 0 aliphatic carbocycles. The van der Waals surface area contributed by atoms with Gasteiger partial charge >= 0.3 is 5.97 Å². The molecule has 4 N–H and O–H groups in total. The van der Waals surface area contributed by atoms with Crippen molar-refractivity contribution >= 4 is 35.2 Å². The molecule has 0 spiro atoms. The van der Waals surface area contributed by atoms with Crippen LogP contribution >= 0.6 is 12.2 Å². The van der Waals surface area contributed by atoms with Crippen LogP contribution in [0.15, 0.2) is 35.6 Å². The van der Waals surface area contributed by atoms with Crippen molar-refractivity contribution < 1.29 is 14.8 Å². The molecule has 0 fully saturated rings. The van der Waals surface area contributed by atoms with E-state index in [1.54, 1.807) is 12.3 Å². The number of hydrazone groups is 1. The number of rotatable bonds is 7. The molecule has 1 heterocycles. The summed E-state index contributed by atoms with van der Waals surface area (Å²) in [5.74, 6) is -0.960. The second-order valence-corrected chi connectivity index (χ2v) is 5.32. The van der Waals surface area contributed by atoms with E-state index in [2.05, 4.69) is 27.8 Å². The quantitative estimate of drug-likeness (QED) is 0.287. The lowest BCUT2D eigenvalue weighted by Crippen LogP contribution is -2.24. The number of carbonyl (C=O) groups is 1. The second kappa shape index (κ2) is 7.97. The third-order valence-electron chi connectivity index (χ3n) is 3.05. The summed E-state index contributed by atoms with van der Waals surface area (Å²) in [6.45, 7) is 0.147. The molecule has 0 unspecified atom stereocenters. The van der Waals surface area contributed by atoms with E-state index >= 15 is 0 Å². The van der Waals surface area contributed by atoms with E-state index in [1.165, 1.54) is 29.1 Å². The zero-order valence-corrected chi connectivity index (χ0v) is 13.6. The van der Waals surface area contributed by atoms with Gasteiger partial charge in [-0.25, -0.2) is 0 Å². The number of non-ortho nitro benzene ring substituents is 1. The molecule has 2 rings (SSSR count). The van der Waals surface area contributed by atoms with Crippen LogP contribution in [0.25, 0.3) is 11.3 Å². The summed E-state index contributed by atoms with van der Waals surface area (Å²) in [4.78, 5) is 21.2. The number of hydrogen-bond acceptors (Lipinski definition) is 6. The molecule has 2 aromatic rings. The fourth-order valence-electron chi connectivity index (χ4n) is 2.01. The third-order valence-corrected chi connectivity index (χ3v) is 3.14. The first-order chi connectivity index (χ1) is 11.9. The Labute approximate surface area is 147 Å². The van der Waals surface area contributed by atoms with Crippen molar-refractivity contribution in [2.75, 3.05) is 0 Å². The molecule has 0 radical (unpaired) electrons. The summed E-state index contributed by atoms with van der Waals surface area (Å²) in [7, 11) is 0. The normalized spacial score (nSPS) is 10.7. The van der Waals surface area contributed by atoms with Crippen molar-refractivity contribution in [3.63, 3.8) is 0 Å². The number of thiocarbonyl (C=S) groups is 1. The number of carboxylic acids is 1. The fraction of sp³-hybridized carbons (Fsp3) is 0.143. The van der Waals surface area contributed by atoms with E-state index in [-0.39, 0.29) is 23.8 Å². The maximum Gasteiger partial charge on any atom is 0.305 e. The second-order valence-electron chi connectivity index (χ2n) is 4.88. The highest BCUT2D eigenvalue weighted by atomic mass is 32.1. The Morgan fingerprint density at radius 3 is 2.96 bits per heavy atom. The monoisotopic (exact) mass is 362 g/mol. The van der Waals surface area contributed by atoms with Crippen molar-refractivity contribution in [1.82, 2.24) is 15.2 Å². The van der Waals surface area contributed by atoms with Crippen LogP contribution in [-0.2, 0) is 11.3 Å². The van der Waals surface area contributed by atoms with Gasteiger partial charge in [0.15, 0.2) is 5.11 Å². The van der Waals surface area contributed by atoms with Crippen LogP contribution in [-0.4, -0.2) is 37.1 Å². The van der Waals surface area contributed by atoms with Gasteiger partial charge in [-0.2, -0.15) is 10.2 Å². The number of aliphatic carboxylic acids is 1. The zero-order valence-electron chi connectivity index (χ0n) is 12.8. The first-order valence-electron chi connectivity index (χ1n) is 6.99. The fourth-order valence-corrected chi connectivity index (χ4v) is 2.07. The lowest BCUT2D eigenvalue weighted by molar-refractivity contribution is -0.384. The Bertz CT molecular complexity index is 848. The van der Waals surface area contributed by atoms with E-state index in [0.717, 1.165) is 0 Å². The highest BCUT2D eigenvalue weighted by molar-refractivity contribution is 7.80. The highest BCUT2D eigenvalue weighted by Crippen LogP contribution is 2.25. The molecule has 25 heavy (non-hydrogen) atoms. The van der Waals surface area contributed by atoms with Gasteiger partial charge in [0.05, 0.1) is 24.1 Å². The Balaban J connectivity index is 2.40. The lowest BCUT2D eigenvalue weighted by Gasteiger charge is -2.00. The summed E-state index contributed by atoms with van der Waals surface area (Å²) in [6, 6.07) is 5.95. The van der Waals surface area contributed by atoms with E-state index in [0.29, 0.717) is 16.8 Å². The standard InChI is InChI=1S/C14H14N6O4S/c15-14(25)17-16-7-10-8-19(5-4-12(21)22)18-13(10)9-2-1-3-11(6-9)20(23)24/h1-3,6-8H,4-5H2,(H,21,22)(H3,15,17,25)/b16-7-. The molecule has 1 aromatic carbocycles. The van der Waals surface area contributed by atoms with Crippen LogP contribution < -0.4 is 11.2 Å². The van der Waals surface area contributed by atoms with Crippen LogP contribution in [0.3, 0.4) is 0 Å². The number of aryl methyl sites for hydroxylation is 1. The molecule has 11 heteroatoms. The Kier molecular flexibility index (Phi) is 5.74. The van der Waals surface area contributed by atoms with Gasteiger partial charge in [0.2, 0.25) is 0 Å². The number of nitro benzene ring substituents is 1. The van der Waals surface area contributed by atoms with Crippen LogP contribution in [0.5, 0.6) is 0 Å². The van der Waals surface area contributed by atoms with Crippen molar-refractivity contribution in [2.24, 2.45) is 10.8 Å². The van der Waals surface area contributed by atoms with Crippen LogP contribution in [0, 0.1) is 10.1 Å². The number of nitro groups is 1. The van der Waals surface area contributed by atoms with Gasteiger partial charge in [-0.3, -0.25) is 25.0 Å². The first kappa shape index (κ1) is 18.0. The maximum absolute atomic E-state index is 10.9. The Morgan fingerprint density at radius 1 is 1.56 bits per heavy atom. The number of hydrogen-bond donors (Lipinski definition) is 3. The molecule has 1 aromatic heterocycles. The van der Waals surface area contributed by atoms with E-state index < -0.39 is 10.9 Å². The van der Waals surface area contributed by atoms with Crippen molar-refractivity contribution in [3.05, 3.63) is 46.1 Å². The molecule has 0 amide bonds. The number of nitrogens with one attached hydrogen (secondary N) is 1. The third kappa shape index (κ3) is 5.07. The molecule has 0 aliphatic rings. The molecule has 0 bridgehead atoms. The smallest absolute Gasteiger partial charge is 0.305 e. The minimum atomic E-state index is -0.960. The summed E-state index contributed by atoms with van der Waals surface area (Å²) < 4.78 is 1.43. The molecule has 10 nitrogen and oxygen atoms in total. The molecular formula is C14H14N6O4S. The van der Waals surface area contributed by atoms with Crippen LogP contribution in [0.2, 0.25) is 0 Å². The van der Waals surface area contributed by atoms with Gasteiger partial charge in [-0.05, 0) is 12.2 Å². The Hall–Kier alpha value is -3.34. The van der Waals surface area contributed by atoms with Gasteiger partial charge < -0.3 is 10.8 Å².